The highest BCUT2D eigenvalue weighted by Gasteiger charge is 2.10. The lowest BCUT2D eigenvalue weighted by Gasteiger charge is -2.00. The molecule has 0 aliphatic carbocycles. The average molecular weight is 225 g/mol. The van der Waals surface area contributed by atoms with Gasteiger partial charge in [0.1, 0.15) is 11.0 Å². The van der Waals surface area contributed by atoms with Gasteiger partial charge in [0.05, 0.1) is 11.9 Å². The van der Waals surface area contributed by atoms with Gasteiger partial charge in [0.25, 0.3) is 0 Å². The Balaban J connectivity index is 3.08. The van der Waals surface area contributed by atoms with Gasteiger partial charge in [0.2, 0.25) is 10.0 Å². The van der Waals surface area contributed by atoms with Gasteiger partial charge in [-0.05, 0) is 6.07 Å². The third-order valence-corrected chi connectivity index (χ3v) is 2.29. The van der Waals surface area contributed by atoms with E-state index < -0.39 is 21.6 Å². The van der Waals surface area contributed by atoms with E-state index in [0.29, 0.717) is 0 Å². The summed E-state index contributed by atoms with van der Waals surface area (Å²) in [6, 6.07) is 0.986. The Bertz CT molecular complexity index is 421. The van der Waals surface area contributed by atoms with Crippen molar-refractivity contribution in [2.45, 2.75) is 5.75 Å². The summed E-state index contributed by atoms with van der Waals surface area (Å²) in [6.45, 7) is 0. The van der Waals surface area contributed by atoms with Crippen molar-refractivity contribution in [3.05, 3.63) is 28.8 Å². The molecule has 0 aliphatic rings. The maximum absolute atomic E-state index is 12.6. The van der Waals surface area contributed by atoms with E-state index in [2.05, 4.69) is 4.98 Å². The lowest BCUT2D eigenvalue weighted by molar-refractivity contribution is 0.596. The van der Waals surface area contributed by atoms with Crippen LogP contribution in [0.3, 0.4) is 0 Å². The second kappa shape index (κ2) is 3.57. The predicted octanol–water partition coefficient (Wildman–Crippen LogP) is 0.663. The molecule has 0 amide bonds. The molecule has 1 heterocycles. The smallest absolute Gasteiger partial charge is 0.213 e. The van der Waals surface area contributed by atoms with Gasteiger partial charge < -0.3 is 0 Å². The third kappa shape index (κ3) is 3.25. The number of aromatic nitrogens is 1. The van der Waals surface area contributed by atoms with E-state index in [9.17, 15) is 12.8 Å². The van der Waals surface area contributed by atoms with Gasteiger partial charge in [-0.15, -0.1) is 0 Å². The molecule has 13 heavy (non-hydrogen) atoms. The maximum atomic E-state index is 12.6. The second-order valence-corrected chi connectivity index (χ2v) is 4.38. The predicted molar refractivity (Wildman–Crippen MR) is 46.0 cm³/mol. The summed E-state index contributed by atoms with van der Waals surface area (Å²) in [4.78, 5) is 3.43. The normalized spacial score (nSPS) is 11.6. The first-order valence-electron chi connectivity index (χ1n) is 3.19. The standard InChI is InChI=1S/C6H6ClFN2O2S/c7-6-4(3-13(9,11)12)1-5(8)2-10-6/h1-2H,3H2,(H2,9,11,12). The number of hydrogen-bond acceptors (Lipinski definition) is 3. The molecule has 4 nitrogen and oxygen atoms in total. The van der Waals surface area contributed by atoms with E-state index in [1.54, 1.807) is 0 Å². The number of pyridine rings is 1. The SMILES string of the molecule is NS(=O)(=O)Cc1cc(F)cnc1Cl. The molecule has 0 unspecified atom stereocenters. The molecule has 0 saturated carbocycles. The molecule has 7 heteroatoms. The number of rotatable bonds is 2. The molecule has 0 aromatic carbocycles. The fraction of sp³-hybridized carbons (Fsp3) is 0.167. The van der Waals surface area contributed by atoms with Crippen LogP contribution in [0.1, 0.15) is 5.56 Å². The fourth-order valence-corrected chi connectivity index (χ4v) is 1.69. The first-order chi connectivity index (χ1) is 5.88. The fourth-order valence-electron chi connectivity index (χ4n) is 0.782. The van der Waals surface area contributed by atoms with Crippen LogP contribution in [-0.2, 0) is 15.8 Å². The number of halogens is 2. The Morgan fingerprint density at radius 2 is 2.23 bits per heavy atom. The zero-order valence-corrected chi connectivity index (χ0v) is 7.94. The van der Waals surface area contributed by atoms with E-state index in [1.165, 1.54) is 0 Å². The summed E-state index contributed by atoms with van der Waals surface area (Å²) in [5.74, 6) is -1.17. The van der Waals surface area contributed by atoms with Crippen LogP contribution < -0.4 is 5.14 Å². The summed E-state index contributed by atoms with van der Waals surface area (Å²) in [5.41, 5.74) is 0.0594. The Morgan fingerprint density at radius 1 is 1.62 bits per heavy atom. The van der Waals surface area contributed by atoms with Gasteiger partial charge in [-0.3, -0.25) is 0 Å². The number of nitrogens with two attached hydrogens (primary N) is 1. The van der Waals surface area contributed by atoms with E-state index in [4.69, 9.17) is 16.7 Å². The van der Waals surface area contributed by atoms with E-state index in [1.807, 2.05) is 0 Å². The Kier molecular flexibility index (Phi) is 2.84. The molecule has 1 rings (SSSR count). The van der Waals surface area contributed by atoms with E-state index in [0.717, 1.165) is 12.3 Å². The minimum Gasteiger partial charge on any atom is -0.241 e. The first-order valence-corrected chi connectivity index (χ1v) is 5.28. The van der Waals surface area contributed by atoms with Crippen molar-refractivity contribution in [3.8, 4) is 0 Å². The lowest BCUT2D eigenvalue weighted by Crippen LogP contribution is -2.15. The van der Waals surface area contributed by atoms with Crippen LogP contribution in [0.5, 0.6) is 0 Å². The number of hydrogen-bond donors (Lipinski definition) is 1. The highest BCUT2D eigenvalue weighted by molar-refractivity contribution is 7.88. The van der Waals surface area contributed by atoms with Gasteiger partial charge in [-0.25, -0.2) is 22.9 Å². The molecule has 0 fully saturated rings. The van der Waals surface area contributed by atoms with Gasteiger partial charge in [-0.1, -0.05) is 11.6 Å². The summed E-state index contributed by atoms with van der Waals surface area (Å²) in [7, 11) is -3.71. The quantitative estimate of drug-likeness (QED) is 0.751. The first kappa shape index (κ1) is 10.4. The summed E-state index contributed by atoms with van der Waals surface area (Å²) < 4.78 is 33.8. The van der Waals surface area contributed by atoms with Crippen LogP contribution in [0.25, 0.3) is 0 Å². The van der Waals surface area contributed by atoms with Crippen LogP contribution in [-0.4, -0.2) is 13.4 Å². The summed E-state index contributed by atoms with van der Waals surface area (Å²) >= 11 is 5.50. The van der Waals surface area contributed by atoms with E-state index in [-0.39, 0.29) is 10.7 Å². The highest BCUT2D eigenvalue weighted by atomic mass is 35.5. The minimum atomic E-state index is -3.71. The molecular weight excluding hydrogens is 219 g/mol. The van der Waals surface area contributed by atoms with Crippen molar-refractivity contribution in [1.29, 1.82) is 0 Å². The summed E-state index contributed by atoms with van der Waals surface area (Å²) in [6.07, 6.45) is 0.898. The molecule has 1 aromatic heterocycles. The van der Waals surface area contributed by atoms with Crippen molar-refractivity contribution in [2.75, 3.05) is 0 Å². The second-order valence-electron chi connectivity index (χ2n) is 2.41. The summed E-state index contributed by atoms with van der Waals surface area (Å²) in [5, 5.41) is 4.69. The van der Waals surface area contributed by atoms with E-state index >= 15 is 0 Å². The molecule has 0 spiro atoms. The van der Waals surface area contributed by atoms with Crippen LogP contribution in [0.2, 0.25) is 5.15 Å². The minimum absolute atomic E-state index is 0.0594. The van der Waals surface area contributed by atoms with Crippen molar-refractivity contribution >= 4 is 21.6 Å². The zero-order chi connectivity index (χ0) is 10.1. The number of sulfonamides is 1. The average Bonchev–Trinajstić information content (AvgIpc) is 1.94. The highest BCUT2D eigenvalue weighted by Crippen LogP contribution is 2.15. The third-order valence-electron chi connectivity index (χ3n) is 1.24. The molecule has 72 valence electrons. The van der Waals surface area contributed by atoms with Gasteiger partial charge in [0, 0.05) is 5.56 Å². The van der Waals surface area contributed by atoms with Gasteiger partial charge >= 0.3 is 0 Å². The largest absolute Gasteiger partial charge is 0.241 e. The van der Waals surface area contributed by atoms with Gasteiger partial charge in [0.15, 0.2) is 0 Å². The molecule has 2 N–H and O–H groups in total. The molecule has 0 radical (unpaired) electrons. The van der Waals surface area contributed by atoms with Crippen LogP contribution in [0, 0.1) is 5.82 Å². The maximum Gasteiger partial charge on any atom is 0.213 e. The molecule has 0 saturated heterocycles. The Morgan fingerprint density at radius 3 is 2.77 bits per heavy atom. The molecule has 0 atom stereocenters. The molecule has 0 bridgehead atoms. The van der Waals surface area contributed by atoms with Crippen molar-refractivity contribution in [3.63, 3.8) is 0 Å². The molecular formula is C6H6ClFN2O2S. The van der Waals surface area contributed by atoms with Crippen molar-refractivity contribution < 1.29 is 12.8 Å². The van der Waals surface area contributed by atoms with Crippen molar-refractivity contribution in [2.24, 2.45) is 5.14 Å². The Labute approximate surface area is 79.6 Å². The van der Waals surface area contributed by atoms with Crippen LogP contribution >= 0.6 is 11.6 Å². The molecule has 0 aliphatic heterocycles. The van der Waals surface area contributed by atoms with Crippen LogP contribution in [0.15, 0.2) is 12.3 Å². The topological polar surface area (TPSA) is 73.1 Å². The Hall–Kier alpha value is -0.720. The number of primary sulfonamides is 1. The lowest BCUT2D eigenvalue weighted by atomic mass is 10.3. The molecule has 1 aromatic rings. The van der Waals surface area contributed by atoms with Crippen molar-refractivity contribution in [1.82, 2.24) is 4.98 Å². The van der Waals surface area contributed by atoms with Crippen LogP contribution in [0.4, 0.5) is 4.39 Å². The number of nitrogens with zero attached hydrogens (tertiary/aromatic N) is 1. The zero-order valence-electron chi connectivity index (χ0n) is 6.37. The van der Waals surface area contributed by atoms with Gasteiger partial charge in [-0.2, -0.15) is 0 Å². The monoisotopic (exact) mass is 224 g/mol.